The van der Waals surface area contributed by atoms with Crippen molar-refractivity contribution in [2.24, 2.45) is 0 Å². The van der Waals surface area contributed by atoms with Crippen LogP contribution in [0.5, 0.6) is 0 Å². The maximum absolute atomic E-state index is 12.7. The van der Waals surface area contributed by atoms with E-state index in [1.54, 1.807) is 30.1 Å². The Labute approximate surface area is 126 Å². The second kappa shape index (κ2) is 6.26. The normalized spacial score (nSPS) is 18.7. The van der Waals surface area contributed by atoms with Gasteiger partial charge in [0.15, 0.2) is 0 Å². The van der Waals surface area contributed by atoms with Crippen molar-refractivity contribution < 1.29 is 9.59 Å². The van der Waals surface area contributed by atoms with Crippen molar-refractivity contribution in [1.29, 1.82) is 0 Å². The van der Waals surface area contributed by atoms with Crippen LogP contribution in [0.25, 0.3) is 0 Å². The van der Waals surface area contributed by atoms with Crippen LogP contribution in [-0.4, -0.2) is 36.3 Å². The summed E-state index contributed by atoms with van der Waals surface area (Å²) in [5.41, 5.74) is 6.78. The Bertz CT molecular complexity index is 533. The van der Waals surface area contributed by atoms with Gasteiger partial charge >= 0.3 is 0 Å². The molecule has 20 heavy (non-hydrogen) atoms. The minimum Gasteiger partial charge on any atom is -0.399 e. The number of anilines is 1. The number of hydrogen-bond donors (Lipinski definition) is 2. The van der Waals surface area contributed by atoms with Gasteiger partial charge in [0.25, 0.3) is 5.91 Å². The molecule has 1 aliphatic rings. The monoisotopic (exact) mass is 339 g/mol. The molecule has 108 valence electrons. The minimum absolute atomic E-state index is 0.113. The second-order valence-corrected chi connectivity index (χ2v) is 5.72. The van der Waals surface area contributed by atoms with Gasteiger partial charge in [-0.15, -0.1) is 0 Å². The molecule has 1 atom stereocenters. The highest BCUT2D eigenvalue weighted by Gasteiger charge is 2.32. The van der Waals surface area contributed by atoms with Crippen molar-refractivity contribution in [1.82, 2.24) is 10.2 Å². The van der Waals surface area contributed by atoms with Crippen LogP contribution < -0.4 is 11.1 Å². The summed E-state index contributed by atoms with van der Waals surface area (Å²) in [4.78, 5) is 26.2. The van der Waals surface area contributed by atoms with Crippen LogP contribution in [-0.2, 0) is 4.79 Å². The number of piperidine rings is 1. The van der Waals surface area contributed by atoms with Gasteiger partial charge in [0.2, 0.25) is 5.91 Å². The maximum atomic E-state index is 12.7. The van der Waals surface area contributed by atoms with E-state index < -0.39 is 6.04 Å². The van der Waals surface area contributed by atoms with Crippen LogP contribution >= 0.6 is 15.9 Å². The van der Waals surface area contributed by atoms with Gasteiger partial charge in [0.1, 0.15) is 6.04 Å². The molecule has 1 aromatic carbocycles. The zero-order chi connectivity index (χ0) is 14.7. The molecule has 1 unspecified atom stereocenters. The summed E-state index contributed by atoms with van der Waals surface area (Å²) in [5.74, 6) is -0.268. The summed E-state index contributed by atoms with van der Waals surface area (Å²) in [6.07, 6.45) is 2.57. The number of likely N-dealkylation sites (tertiary alicyclic amines) is 1. The number of hydrogen-bond acceptors (Lipinski definition) is 3. The van der Waals surface area contributed by atoms with E-state index in [0.717, 1.165) is 12.8 Å². The van der Waals surface area contributed by atoms with Crippen molar-refractivity contribution in [3.8, 4) is 0 Å². The lowest BCUT2D eigenvalue weighted by molar-refractivity contribution is -0.126. The van der Waals surface area contributed by atoms with Crippen molar-refractivity contribution >= 4 is 33.4 Å². The molecule has 0 bridgehead atoms. The van der Waals surface area contributed by atoms with Crippen molar-refractivity contribution in [2.75, 3.05) is 19.3 Å². The van der Waals surface area contributed by atoms with E-state index in [2.05, 4.69) is 21.2 Å². The number of likely N-dealkylation sites (N-methyl/N-ethyl adjacent to an activating group) is 1. The molecular formula is C14H18BrN3O2. The Morgan fingerprint density at radius 3 is 2.85 bits per heavy atom. The number of rotatable bonds is 2. The number of halogens is 1. The first kappa shape index (κ1) is 14.8. The molecule has 0 aromatic heterocycles. The van der Waals surface area contributed by atoms with Crippen LogP contribution in [0.3, 0.4) is 0 Å². The molecule has 3 N–H and O–H groups in total. The van der Waals surface area contributed by atoms with Crippen molar-refractivity contribution in [3.63, 3.8) is 0 Å². The predicted molar refractivity (Wildman–Crippen MR) is 81.3 cm³/mol. The predicted octanol–water partition coefficient (Wildman–Crippen LogP) is 1.77. The molecule has 1 fully saturated rings. The standard InChI is InChI=1S/C14H18BrN3O2/c1-17-13(19)12-4-2-3-7-18(12)14(20)10-8-9(16)5-6-11(10)15/h5-6,8,12H,2-4,7,16H2,1H3,(H,17,19). The third kappa shape index (κ3) is 2.95. The topological polar surface area (TPSA) is 75.4 Å². The lowest BCUT2D eigenvalue weighted by Crippen LogP contribution is -2.51. The molecule has 2 rings (SSSR count). The quantitative estimate of drug-likeness (QED) is 0.806. The molecule has 1 heterocycles. The number of carbonyl (C=O) groups excluding carboxylic acids is 2. The third-order valence-corrected chi connectivity index (χ3v) is 4.23. The lowest BCUT2D eigenvalue weighted by Gasteiger charge is -2.34. The largest absolute Gasteiger partial charge is 0.399 e. The Kier molecular flexibility index (Phi) is 4.65. The number of nitrogens with two attached hydrogens (primary N) is 1. The molecule has 1 aliphatic heterocycles. The van der Waals surface area contributed by atoms with E-state index in [-0.39, 0.29) is 11.8 Å². The SMILES string of the molecule is CNC(=O)C1CCCCN1C(=O)c1cc(N)ccc1Br. The zero-order valence-corrected chi connectivity index (χ0v) is 12.9. The van der Waals surface area contributed by atoms with Crippen LogP contribution in [0.4, 0.5) is 5.69 Å². The van der Waals surface area contributed by atoms with E-state index in [0.29, 0.717) is 28.7 Å². The summed E-state index contributed by atoms with van der Waals surface area (Å²) >= 11 is 3.37. The van der Waals surface area contributed by atoms with Gasteiger partial charge in [-0.05, 0) is 53.4 Å². The highest BCUT2D eigenvalue weighted by Crippen LogP contribution is 2.25. The van der Waals surface area contributed by atoms with Gasteiger partial charge in [-0.25, -0.2) is 0 Å². The fourth-order valence-electron chi connectivity index (χ4n) is 2.48. The molecule has 0 radical (unpaired) electrons. The highest BCUT2D eigenvalue weighted by atomic mass is 79.9. The van der Waals surface area contributed by atoms with Crippen LogP contribution in [0.2, 0.25) is 0 Å². The first-order valence-corrected chi connectivity index (χ1v) is 7.41. The number of nitrogens with one attached hydrogen (secondary N) is 1. The molecule has 5 nitrogen and oxygen atoms in total. The molecule has 0 spiro atoms. The molecule has 0 saturated carbocycles. The Balaban J connectivity index is 2.30. The molecule has 2 amide bonds. The van der Waals surface area contributed by atoms with E-state index in [9.17, 15) is 9.59 Å². The fraction of sp³-hybridized carbons (Fsp3) is 0.429. The second-order valence-electron chi connectivity index (χ2n) is 4.86. The first-order valence-electron chi connectivity index (χ1n) is 6.62. The van der Waals surface area contributed by atoms with E-state index >= 15 is 0 Å². The summed E-state index contributed by atoms with van der Waals surface area (Å²) in [6.45, 7) is 0.595. The van der Waals surface area contributed by atoms with Crippen LogP contribution in [0, 0.1) is 0 Å². The number of benzene rings is 1. The first-order chi connectivity index (χ1) is 9.54. The maximum Gasteiger partial charge on any atom is 0.255 e. The number of nitrogens with zero attached hydrogens (tertiary/aromatic N) is 1. The average molecular weight is 340 g/mol. The summed E-state index contributed by atoms with van der Waals surface area (Å²) in [6, 6.07) is 4.73. The molecule has 1 saturated heterocycles. The van der Waals surface area contributed by atoms with E-state index in [1.165, 1.54) is 0 Å². The van der Waals surface area contributed by atoms with Gasteiger partial charge < -0.3 is 16.0 Å². The van der Waals surface area contributed by atoms with Gasteiger partial charge in [-0.2, -0.15) is 0 Å². The lowest BCUT2D eigenvalue weighted by atomic mass is 10.00. The van der Waals surface area contributed by atoms with Gasteiger partial charge in [-0.3, -0.25) is 9.59 Å². The smallest absolute Gasteiger partial charge is 0.255 e. The average Bonchev–Trinajstić information content (AvgIpc) is 2.48. The highest BCUT2D eigenvalue weighted by molar-refractivity contribution is 9.10. The van der Waals surface area contributed by atoms with Gasteiger partial charge in [0.05, 0.1) is 5.56 Å². The third-order valence-electron chi connectivity index (χ3n) is 3.53. The number of nitrogen functional groups attached to an aromatic ring is 1. The number of carbonyl (C=O) groups is 2. The Hall–Kier alpha value is -1.56. The summed E-state index contributed by atoms with van der Waals surface area (Å²) < 4.78 is 0.693. The van der Waals surface area contributed by atoms with E-state index in [1.807, 2.05) is 0 Å². The van der Waals surface area contributed by atoms with Crippen LogP contribution in [0.15, 0.2) is 22.7 Å². The number of amides is 2. The fourth-order valence-corrected chi connectivity index (χ4v) is 2.89. The molecule has 0 aliphatic carbocycles. The van der Waals surface area contributed by atoms with E-state index in [4.69, 9.17) is 5.73 Å². The summed E-state index contributed by atoms with van der Waals surface area (Å²) in [7, 11) is 1.59. The molecular weight excluding hydrogens is 322 g/mol. The van der Waals surface area contributed by atoms with Gasteiger partial charge in [0, 0.05) is 23.8 Å². The Morgan fingerprint density at radius 1 is 1.40 bits per heavy atom. The van der Waals surface area contributed by atoms with Crippen molar-refractivity contribution in [2.45, 2.75) is 25.3 Å². The molecule has 6 heteroatoms. The molecule has 1 aromatic rings. The zero-order valence-electron chi connectivity index (χ0n) is 11.4. The van der Waals surface area contributed by atoms with Crippen LogP contribution in [0.1, 0.15) is 29.6 Å². The summed E-state index contributed by atoms with van der Waals surface area (Å²) in [5, 5.41) is 2.63. The Morgan fingerprint density at radius 2 is 2.15 bits per heavy atom. The van der Waals surface area contributed by atoms with Gasteiger partial charge in [-0.1, -0.05) is 0 Å². The van der Waals surface area contributed by atoms with Crippen molar-refractivity contribution in [3.05, 3.63) is 28.2 Å². The minimum atomic E-state index is -0.394.